The average molecular weight is 284 g/mol. The number of carbonyl (C=O) groups is 1. The van der Waals surface area contributed by atoms with Gasteiger partial charge in [0.05, 0.1) is 7.11 Å². The lowest BCUT2D eigenvalue weighted by Crippen LogP contribution is -2.28. The van der Waals surface area contributed by atoms with Crippen molar-refractivity contribution in [3.63, 3.8) is 0 Å². The molecule has 1 saturated heterocycles. The molecule has 0 saturated carbocycles. The second kappa shape index (κ2) is 5.18. The molecule has 19 heavy (non-hydrogen) atoms. The molecule has 2 N–H and O–H groups in total. The molecule has 1 aromatic carbocycles. The van der Waals surface area contributed by atoms with Gasteiger partial charge in [0.25, 0.3) is 5.91 Å². The van der Waals surface area contributed by atoms with Crippen LogP contribution in [-0.2, 0) is 10.0 Å². The minimum absolute atomic E-state index is 0.139. The molecule has 0 aliphatic carbocycles. The number of carbonyl (C=O) groups excluding carboxylic acids is 1. The van der Waals surface area contributed by atoms with Crippen LogP contribution in [0.25, 0.3) is 0 Å². The third kappa shape index (κ3) is 2.87. The number of likely N-dealkylation sites (tertiary alicyclic amines) is 1. The van der Waals surface area contributed by atoms with Crippen LogP contribution in [0.4, 0.5) is 0 Å². The van der Waals surface area contributed by atoms with Crippen molar-refractivity contribution in [2.45, 2.75) is 17.7 Å². The van der Waals surface area contributed by atoms with Gasteiger partial charge in [0.1, 0.15) is 10.6 Å². The van der Waals surface area contributed by atoms with Crippen LogP contribution < -0.4 is 9.88 Å². The van der Waals surface area contributed by atoms with E-state index >= 15 is 0 Å². The van der Waals surface area contributed by atoms with E-state index in [0.29, 0.717) is 18.7 Å². The van der Waals surface area contributed by atoms with Crippen LogP contribution in [-0.4, -0.2) is 39.4 Å². The molecule has 6 nitrogen and oxygen atoms in total. The Bertz CT molecular complexity index is 592. The van der Waals surface area contributed by atoms with Crippen molar-refractivity contribution < 1.29 is 17.9 Å². The zero-order valence-electron chi connectivity index (χ0n) is 10.6. The summed E-state index contributed by atoms with van der Waals surface area (Å²) in [5.74, 6) is -0.0366. The van der Waals surface area contributed by atoms with E-state index in [1.54, 1.807) is 11.0 Å². The third-order valence-electron chi connectivity index (χ3n) is 3.11. The number of ether oxygens (including phenoxy) is 1. The summed E-state index contributed by atoms with van der Waals surface area (Å²) in [6.07, 6.45) is 1.95. The number of rotatable bonds is 3. The highest BCUT2D eigenvalue weighted by Crippen LogP contribution is 2.25. The molecule has 0 spiro atoms. The summed E-state index contributed by atoms with van der Waals surface area (Å²) in [5.41, 5.74) is 0.312. The predicted molar refractivity (Wildman–Crippen MR) is 69.5 cm³/mol. The molecule has 104 valence electrons. The first-order chi connectivity index (χ1) is 8.93. The van der Waals surface area contributed by atoms with Gasteiger partial charge in [0, 0.05) is 18.7 Å². The lowest BCUT2D eigenvalue weighted by atomic mass is 10.2. The summed E-state index contributed by atoms with van der Waals surface area (Å²) < 4.78 is 27.9. The number of nitrogens with two attached hydrogens (primary N) is 1. The van der Waals surface area contributed by atoms with Crippen LogP contribution in [0.15, 0.2) is 23.1 Å². The Labute approximate surface area is 112 Å². The maximum absolute atomic E-state index is 12.2. The Hall–Kier alpha value is -1.60. The second-order valence-electron chi connectivity index (χ2n) is 4.41. The van der Waals surface area contributed by atoms with Crippen LogP contribution in [0.2, 0.25) is 0 Å². The number of amides is 1. The first-order valence-corrected chi connectivity index (χ1v) is 7.48. The summed E-state index contributed by atoms with van der Waals surface area (Å²) in [6.45, 7) is 1.41. The van der Waals surface area contributed by atoms with Gasteiger partial charge < -0.3 is 9.64 Å². The highest BCUT2D eigenvalue weighted by atomic mass is 32.2. The van der Waals surface area contributed by atoms with Gasteiger partial charge in [0.2, 0.25) is 10.0 Å². The molecule has 1 amide bonds. The van der Waals surface area contributed by atoms with Crippen molar-refractivity contribution in [3.8, 4) is 5.75 Å². The highest BCUT2D eigenvalue weighted by molar-refractivity contribution is 7.89. The maximum atomic E-state index is 12.2. The number of benzene rings is 1. The molecule has 0 bridgehead atoms. The van der Waals surface area contributed by atoms with Crippen molar-refractivity contribution in [2.24, 2.45) is 5.14 Å². The molecule has 0 radical (unpaired) electrons. The molecule has 0 aromatic heterocycles. The van der Waals surface area contributed by atoms with E-state index in [1.165, 1.54) is 19.2 Å². The quantitative estimate of drug-likeness (QED) is 0.879. The standard InChI is InChI=1S/C12H16N2O4S/c1-18-10-5-4-9(8-11(10)19(13,16)17)12(15)14-6-2-3-7-14/h4-5,8H,2-3,6-7H2,1H3,(H2,13,16,17). The lowest BCUT2D eigenvalue weighted by molar-refractivity contribution is 0.0792. The lowest BCUT2D eigenvalue weighted by Gasteiger charge is -2.16. The highest BCUT2D eigenvalue weighted by Gasteiger charge is 2.22. The fraction of sp³-hybridized carbons (Fsp3) is 0.417. The third-order valence-corrected chi connectivity index (χ3v) is 4.04. The summed E-state index contributed by atoms with van der Waals surface area (Å²) in [4.78, 5) is 13.7. The summed E-state index contributed by atoms with van der Waals surface area (Å²) in [7, 11) is -2.57. The molecule has 0 unspecified atom stereocenters. The van der Waals surface area contributed by atoms with Crippen LogP contribution >= 0.6 is 0 Å². The number of sulfonamides is 1. The topological polar surface area (TPSA) is 89.7 Å². The molecule has 1 aliphatic heterocycles. The van der Waals surface area contributed by atoms with Crippen LogP contribution in [0.3, 0.4) is 0 Å². The zero-order valence-corrected chi connectivity index (χ0v) is 11.4. The molecule has 7 heteroatoms. The van der Waals surface area contributed by atoms with Gasteiger partial charge in [-0.3, -0.25) is 4.79 Å². The Balaban J connectivity index is 2.40. The van der Waals surface area contributed by atoms with Crippen molar-refractivity contribution in [1.82, 2.24) is 4.90 Å². The van der Waals surface area contributed by atoms with Crippen molar-refractivity contribution in [2.75, 3.05) is 20.2 Å². The Kier molecular flexibility index (Phi) is 3.77. The van der Waals surface area contributed by atoms with Crippen LogP contribution in [0.1, 0.15) is 23.2 Å². The summed E-state index contributed by atoms with van der Waals surface area (Å²) >= 11 is 0. The first-order valence-electron chi connectivity index (χ1n) is 5.93. The minimum Gasteiger partial charge on any atom is -0.495 e. The second-order valence-corrected chi connectivity index (χ2v) is 5.94. The van der Waals surface area contributed by atoms with Crippen molar-refractivity contribution in [3.05, 3.63) is 23.8 Å². The van der Waals surface area contributed by atoms with Gasteiger partial charge in [0.15, 0.2) is 0 Å². The summed E-state index contributed by atoms with van der Waals surface area (Å²) in [6, 6.07) is 4.27. The molecule has 1 fully saturated rings. The molecular formula is C12H16N2O4S. The van der Waals surface area contributed by atoms with Gasteiger partial charge >= 0.3 is 0 Å². The molecule has 0 atom stereocenters. The molecule has 1 aliphatic rings. The van der Waals surface area contributed by atoms with Crippen LogP contribution in [0.5, 0.6) is 5.75 Å². The molecule has 1 aromatic rings. The first kappa shape index (κ1) is 13.8. The van der Waals surface area contributed by atoms with Crippen molar-refractivity contribution >= 4 is 15.9 Å². The van der Waals surface area contributed by atoms with Gasteiger partial charge in [-0.25, -0.2) is 13.6 Å². The Morgan fingerprint density at radius 1 is 1.32 bits per heavy atom. The number of hydrogen-bond acceptors (Lipinski definition) is 4. The largest absolute Gasteiger partial charge is 0.495 e. The van der Waals surface area contributed by atoms with E-state index in [0.717, 1.165) is 12.8 Å². The normalized spacial score (nSPS) is 15.6. The van der Waals surface area contributed by atoms with Gasteiger partial charge in [-0.2, -0.15) is 0 Å². The van der Waals surface area contributed by atoms with E-state index in [2.05, 4.69) is 0 Å². The van der Waals surface area contributed by atoms with Crippen LogP contribution in [0, 0.1) is 0 Å². The van der Waals surface area contributed by atoms with E-state index in [-0.39, 0.29) is 16.6 Å². The fourth-order valence-corrected chi connectivity index (χ4v) is 2.86. The van der Waals surface area contributed by atoms with E-state index in [9.17, 15) is 13.2 Å². The maximum Gasteiger partial charge on any atom is 0.253 e. The average Bonchev–Trinajstić information content (AvgIpc) is 2.90. The Morgan fingerprint density at radius 3 is 2.47 bits per heavy atom. The van der Waals surface area contributed by atoms with Gasteiger partial charge in [-0.15, -0.1) is 0 Å². The molecule has 1 heterocycles. The predicted octanol–water partition coefficient (Wildman–Crippen LogP) is 0.579. The SMILES string of the molecule is COc1ccc(C(=O)N2CCCC2)cc1S(N)(=O)=O. The zero-order chi connectivity index (χ0) is 14.0. The number of primary sulfonamides is 1. The summed E-state index contributed by atoms with van der Waals surface area (Å²) in [5, 5.41) is 5.12. The Morgan fingerprint density at radius 2 is 1.95 bits per heavy atom. The van der Waals surface area contributed by atoms with E-state index < -0.39 is 10.0 Å². The molecular weight excluding hydrogens is 268 g/mol. The monoisotopic (exact) mass is 284 g/mol. The number of hydrogen-bond donors (Lipinski definition) is 1. The minimum atomic E-state index is -3.92. The van der Waals surface area contributed by atoms with E-state index in [4.69, 9.17) is 9.88 Å². The number of nitrogens with zero attached hydrogens (tertiary/aromatic N) is 1. The van der Waals surface area contributed by atoms with E-state index in [1.807, 2.05) is 0 Å². The van der Waals surface area contributed by atoms with Gasteiger partial charge in [-0.1, -0.05) is 0 Å². The number of methoxy groups -OCH3 is 1. The fourth-order valence-electron chi connectivity index (χ4n) is 2.13. The van der Waals surface area contributed by atoms with Gasteiger partial charge in [-0.05, 0) is 31.0 Å². The smallest absolute Gasteiger partial charge is 0.253 e. The molecule has 2 rings (SSSR count). The van der Waals surface area contributed by atoms with Crippen molar-refractivity contribution in [1.29, 1.82) is 0 Å².